The summed E-state index contributed by atoms with van der Waals surface area (Å²) in [5, 5.41) is 0. The summed E-state index contributed by atoms with van der Waals surface area (Å²) in [5.74, 6) is 0.727. The SMILES string of the molecule is CC1CCN(C(=O)OCCl)CC1. The Kier molecular flexibility index (Phi) is 3.66. The molecule has 0 saturated carbocycles. The number of carbonyl (C=O) groups excluding carboxylic acids is 1. The van der Waals surface area contributed by atoms with Crippen LogP contribution >= 0.6 is 11.6 Å². The van der Waals surface area contributed by atoms with Crippen LogP contribution in [0.25, 0.3) is 0 Å². The fraction of sp³-hybridized carbons (Fsp3) is 0.875. The van der Waals surface area contributed by atoms with Crippen molar-refractivity contribution < 1.29 is 9.53 Å². The lowest BCUT2D eigenvalue weighted by atomic mass is 10.00. The predicted molar refractivity (Wildman–Crippen MR) is 47.2 cm³/mol. The van der Waals surface area contributed by atoms with Gasteiger partial charge in [-0.05, 0) is 18.8 Å². The average Bonchev–Trinajstić information content (AvgIpc) is 2.06. The maximum absolute atomic E-state index is 11.1. The van der Waals surface area contributed by atoms with Crippen molar-refractivity contribution in [2.75, 3.05) is 19.2 Å². The van der Waals surface area contributed by atoms with Crippen LogP contribution in [0.3, 0.4) is 0 Å². The van der Waals surface area contributed by atoms with Crippen molar-refractivity contribution in [3.8, 4) is 0 Å². The Labute approximate surface area is 77.6 Å². The highest BCUT2D eigenvalue weighted by Gasteiger charge is 2.20. The number of piperidine rings is 1. The summed E-state index contributed by atoms with van der Waals surface area (Å²) in [5.41, 5.74) is 0. The maximum Gasteiger partial charge on any atom is 0.410 e. The number of likely N-dealkylation sites (tertiary alicyclic amines) is 1. The van der Waals surface area contributed by atoms with Crippen LogP contribution in [0.1, 0.15) is 19.8 Å². The van der Waals surface area contributed by atoms with Gasteiger partial charge in [0.2, 0.25) is 0 Å². The van der Waals surface area contributed by atoms with Crippen LogP contribution in [0.2, 0.25) is 0 Å². The second-order valence-corrected chi connectivity index (χ2v) is 3.41. The molecule has 0 aromatic rings. The highest BCUT2D eigenvalue weighted by Crippen LogP contribution is 2.16. The van der Waals surface area contributed by atoms with Gasteiger partial charge in [0, 0.05) is 13.1 Å². The van der Waals surface area contributed by atoms with Crippen LogP contribution in [0.5, 0.6) is 0 Å². The van der Waals surface area contributed by atoms with Crippen LogP contribution in [0, 0.1) is 5.92 Å². The van der Waals surface area contributed by atoms with Gasteiger partial charge in [0.1, 0.15) is 0 Å². The molecule has 0 unspecified atom stereocenters. The van der Waals surface area contributed by atoms with Crippen LogP contribution in [0.15, 0.2) is 0 Å². The minimum absolute atomic E-state index is 0.0507. The Bertz CT molecular complexity index is 155. The van der Waals surface area contributed by atoms with Gasteiger partial charge in [-0.1, -0.05) is 18.5 Å². The minimum atomic E-state index is -0.281. The molecule has 1 saturated heterocycles. The monoisotopic (exact) mass is 191 g/mol. The topological polar surface area (TPSA) is 29.5 Å². The van der Waals surface area contributed by atoms with Crippen molar-refractivity contribution in [2.45, 2.75) is 19.8 Å². The summed E-state index contributed by atoms with van der Waals surface area (Å²) < 4.78 is 4.67. The second kappa shape index (κ2) is 4.55. The van der Waals surface area contributed by atoms with Crippen molar-refractivity contribution in [3.05, 3.63) is 0 Å². The summed E-state index contributed by atoms with van der Waals surface area (Å²) in [4.78, 5) is 12.8. The Morgan fingerprint density at radius 2 is 2.17 bits per heavy atom. The average molecular weight is 192 g/mol. The Morgan fingerprint density at radius 3 is 2.67 bits per heavy atom. The number of alkyl halides is 1. The van der Waals surface area contributed by atoms with E-state index in [4.69, 9.17) is 11.6 Å². The zero-order valence-corrected chi connectivity index (χ0v) is 8.01. The van der Waals surface area contributed by atoms with E-state index in [1.807, 2.05) is 0 Å². The minimum Gasteiger partial charge on any atom is -0.433 e. The molecule has 1 heterocycles. The molecule has 1 aliphatic heterocycles. The molecule has 0 radical (unpaired) electrons. The Balaban J connectivity index is 2.29. The fourth-order valence-corrected chi connectivity index (χ4v) is 1.42. The molecule has 70 valence electrons. The van der Waals surface area contributed by atoms with Gasteiger partial charge in [0.05, 0.1) is 0 Å². The van der Waals surface area contributed by atoms with Gasteiger partial charge in [-0.15, -0.1) is 0 Å². The van der Waals surface area contributed by atoms with Gasteiger partial charge < -0.3 is 9.64 Å². The van der Waals surface area contributed by atoms with Crippen molar-refractivity contribution in [1.82, 2.24) is 4.90 Å². The van der Waals surface area contributed by atoms with E-state index in [2.05, 4.69) is 11.7 Å². The van der Waals surface area contributed by atoms with E-state index in [1.54, 1.807) is 4.90 Å². The summed E-state index contributed by atoms with van der Waals surface area (Å²) in [6, 6.07) is -0.0507. The molecule has 0 aromatic heterocycles. The number of ether oxygens (including phenoxy) is 1. The zero-order chi connectivity index (χ0) is 8.97. The van der Waals surface area contributed by atoms with Gasteiger partial charge in [-0.3, -0.25) is 0 Å². The van der Waals surface area contributed by atoms with E-state index in [-0.39, 0.29) is 12.2 Å². The second-order valence-electron chi connectivity index (χ2n) is 3.19. The number of hydrogen-bond acceptors (Lipinski definition) is 2. The highest BCUT2D eigenvalue weighted by molar-refractivity contribution is 6.17. The lowest BCUT2D eigenvalue weighted by Gasteiger charge is -2.29. The fourth-order valence-electron chi connectivity index (χ4n) is 1.33. The third kappa shape index (κ3) is 2.55. The molecule has 0 aliphatic carbocycles. The van der Waals surface area contributed by atoms with Crippen molar-refractivity contribution in [3.63, 3.8) is 0 Å². The molecule has 0 atom stereocenters. The van der Waals surface area contributed by atoms with Gasteiger partial charge in [-0.2, -0.15) is 0 Å². The van der Waals surface area contributed by atoms with Crippen molar-refractivity contribution >= 4 is 17.7 Å². The van der Waals surface area contributed by atoms with Gasteiger partial charge in [0.15, 0.2) is 6.07 Å². The molecule has 0 aromatic carbocycles. The van der Waals surface area contributed by atoms with E-state index < -0.39 is 0 Å². The molecule has 1 rings (SSSR count). The molecule has 4 heteroatoms. The number of rotatable bonds is 1. The van der Waals surface area contributed by atoms with Crippen LogP contribution < -0.4 is 0 Å². The largest absolute Gasteiger partial charge is 0.433 e. The summed E-state index contributed by atoms with van der Waals surface area (Å²) >= 11 is 5.27. The quantitative estimate of drug-likeness (QED) is 0.594. The molecule has 0 N–H and O–H groups in total. The molecule has 0 spiro atoms. The first-order valence-electron chi connectivity index (χ1n) is 4.21. The first-order chi connectivity index (χ1) is 5.74. The van der Waals surface area contributed by atoms with Crippen LogP contribution in [-0.2, 0) is 4.74 Å². The number of halogens is 1. The smallest absolute Gasteiger partial charge is 0.410 e. The van der Waals surface area contributed by atoms with Crippen LogP contribution in [0.4, 0.5) is 4.79 Å². The first-order valence-corrected chi connectivity index (χ1v) is 4.75. The zero-order valence-electron chi connectivity index (χ0n) is 7.25. The Hall–Kier alpha value is -0.440. The van der Waals surface area contributed by atoms with Gasteiger partial charge in [0.25, 0.3) is 0 Å². The molecule has 3 nitrogen and oxygen atoms in total. The van der Waals surface area contributed by atoms with Crippen molar-refractivity contribution in [1.29, 1.82) is 0 Å². The van der Waals surface area contributed by atoms with Crippen LogP contribution in [-0.4, -0.2) is 30.1 Å². The van der Waals surface area contributed by atoms with Crippen molar-refractivity contribution in [2.24, 2.45) is 5.92 Å². The Morgan fingerprint density at radius 1 is 1.58 bits per heavy atom. The highest BCUT2D eigenvalue weighted by atomic mass is 35.5. The maximum atomic E-state index is 11.1. The molecular weight excluding hydrogens is 178 g/mol. The number of carbonyl (C=O) groups is 1. The molecule has 1 fully saturated rings. The lowest BCUT2D eigenvalue weighted by Crippen LogP contribution is -2.38. The van der Waals surface area contributed by atoms with E-state index in [0.717, 1.165) is 31.8 Å². The molecule has 1 amide bonds. The number of hydrogen-bond donors (Lipinski definition) is 0. The molecule has 12 heavy (non-hydrogen) atoms. The molecular formula is C8H14ClNO2. The molecule has 0 bridgehead atoms. The normalized spacial score (nSPS) is 19.3. The van der Waals surface area contributed by atoms with E-state index in [0.29, 0.717) is 0 Å². The first kappa shape index (κ1) is 9.65. The third-order valence-electron chi connectivity index (χ3n) is 2.22. The van der Waals surface area contributed by atoms with Gasteiger partial charge in [-0.25, -0.2) is 4.79 Å². The summed E-state index contributed by atoms with van der Waals surface area (Å²) in [6.45, 7) is 3.80. The number of amides is 1. The predicted octanol–water partition coefficient (Wildman–Crippen LogP) is 2.05. The van der Waals surface area contributed by atoms with E-state index in [1.165, 1.54) is 0 Å². The third-order valence-corrected chi connectivity index (χ3v) is 2.33. The molecule has 1 aliphatic rings. The summed E-state index contributed by atoms with van der Waals surface area (Å²) in [7, 11) is 0. The summed E-state index contributed by atoms with van der Waals surface area (Å²) in [6.07, 6.45) is 1.85. The van der Waals surface area contributed by atoms with E-state index >= 15 is 0 Å². The standard InChI is InChI=1S/C8H14ClNO2/c1-7-2-4-10(5-3-7)8(11)12-6-9/h7H,2-6H2,1H3. The van der Waals surface area contributed by atoms with Gasteiger partial charge >= 0.3 is 6.09 Å². The lowest BCUT2D eigenvalue weighted by molar-refractivity contribution is 0.103. The van der Waals surface area contributed by atoms with E-state index in [9.17, 15) is 4.79 Å². The number of nitrogens with zero attached hydrogens (tertiary/aromatic N) is 1.